The fourth-order valence-corrected chi connectivity index (χ4v) is 1.30. The third kappa shape index (κ3) is 2.95. The molecule has 4 amide bonds. The molecule has 1 aliphatic rings. The van der Waals surface area contributed by atoms with Crippen LogP contribution in [0.2, 0.25) is 0 Å². The van der Waals surface area contributed by atoms with Gasteiger partial charge < -0.3 is 10.2 Å². The summed E-state index contributed by atoms with van der Waals surface area (Å²) in [6, 6.07) is -0.529. The average Bonchev–Trinajstić information content (AvgIpc) is 2.34. The first-order valence-electron chi connectivity index (χ1n) is 5.44. The summed E-state index contributed by atoms with van der Waals surface area (Å²) in [6.45, 7) is 6.96. The Balaban J connectivity index is 0.00000106. The maximum absolute atomic E-state index is 11.4. The van der Waals surface area contributed by atoms with Gasteiger partial charge in [-0.25, -0.2) is 4.79 Å². The van der Waals surface area contributed by atoms with E-state index in [1.165, 1.54) is 11.9 Å². The molecule has 0 aromatic heterocycles. The van der Waals surface area contributed by atoms with Crippen LogP contribution in [0.25, 0.3) is 0 Å². The Morgan fingerprint density at radius 1 is 1.25 bits per heavy atom. The predicted octanol–water partition coefficient (Wildman–Crippen LogP) is 0.0427. The van der Waals surface area contributed by atoms with Gasteiger partial charge in [0, 0.05) is 26.7 Å². The third-order valence-corrected chi connectivity index (χ3v) is 2.15. The molecule has 6 heteroatoms. The van der Waals surface area contributed by atoms with Crippen LogP contribution in [0.1, 0.15) is 20.8 Å². The zero-order chi connectivity index (χ0) is 12.7. The number of imide groups is 1. The van der Waals surface area contributed by atoms with E-state index in [4.69, 9.17) is 0 Å². The lowest BCUT2D eigenvalue weighted by molar-refractivity contribution is -0.153. The molecule has 0 spiro atoms. The smallest absolute Gasteiger partial charge is 0.324 e. The van der Waals surface area contributed by atoms with E-state index < -0.39 is 17.8 Å². The Morgan fingerprint density at radius 2 is 1.81 bits per heavy atom. The molecule has 1 N–H and O–H groups in total. The molecule has 0 bridgehead atoms. The zero-order valence-electron chi connectivity index (χ0n) is 10.2. The Kier molecular flexibility index (Phi) is 6.14. The topological polar surface area (TPSA) is 69.7 Å². The lowest BCUT2D eigenvalue weighted by Crippen LogP contribution is -2.57. The van der Waals surface area contributed by atoms with Crippen LogP contribution in [0.5, 0.6) is 0 Å². The SMILES string of the molecule is CC.CCN1CCN(C(=O)NC)C(=O)C1=O. The summed E-state index contributed by atoms with van der Waals surface area (Å²) >= 11 is 0. The number of rotatable bonds is 1. The van der Waals surface area contributed by atoms with Crippen LogP contribution in [0, 0.1) is 0 Å². The van der Waals surface area contributed by atoms with Gasteiger partial charge in [0.2, 0.25) is 0 Å². The highest BCUT2D eigenvalue weighted by molar-refractivity contribution is 6.38. The molecule has 0 atom stereocenters. The van der Waals surface area contributed by atoms with Gasteiger partial charge in [-0.2, -0.15) is 0 Å². The normalized spacial score (nSPS) is 15.5. The monoisotopic (exact) mass is 229 g/mol. The predicted molar refractivity (Wildman–Crippen MR) is 59.8 cm³/mol. The van der Waals surface area contributed by atoms with E-state index in [2.05, 4.69) is 5.32 Å². The highest BCUT2D eigenvalue weighted by atomic mass is 16.2. The van der Waals surface area contributed by atoms with Gasteiger partial charge in [-0.15, -0.1) is 0 Å². The summed E-state index contributed by atoms with van der Waals surface area (Å²) in [5, 5.41) is 2.31. The standard InChI is InChI=1S/C8H13N3O3.C2H6/c1-3-10-4-5-11(8(14)9-2)7(13)6(10)12;1-2/h3-5H2,1-2H3,(H,9,14);1-2H3. The van der Waals surface area contributed by atoms with Crippen LogP contribution in [-0.4, -0.2) is 54.3 Å². The Hall–Kier alpha value is -1.59. The van der Waals surface area contributed by atoms with Gasteiger partial charge in [-0.3, -0.25) is 14.5 Å². The van der Waals surface area contributed by atoms with Crippen molar-refractivity contribution in [3.8, 4) is 0 Å². The van der Waals surface area contributed by atoms with Gasteiger partial charge in [-0.05, 0) is 6.92 Å². The average molecular weight is 229 g/mol. The molecule has 1 aliphatic heterocycles. The molecule has 0 aromatic carbocycles. The van der Waals surface area contributed by atoms with Gasteiger partial charge in [0.1, 0.15) is 0 Å². The molecule has 16 heavy (non-hydrogen) atoms. The number of piperazine rings is 1. The van der Waals surface area contributed by atoms with E-state index in [0.29, 0.717) is 13.1 Å². The van der Waals surface area contributed by atoms with Crippen molar-refractivity contribution in [2.24, 2.45) is 0 Å². The number of likely N-dealkylation sites (N-methyl/N-ethyl adjacent to an activating group) is 1. The quantitative estimate of drug-likeness (QED) is 0.645. The minimum Gasteiger partial charge on any atom is -0.341 e. The van der Waals surface area contributed by atoms with Crippen molar-refractivity contribution < 1.29 is 14.4 Å². The summed E-state index contributed by atoms with van der Waals surface area (Å²) < 4.78 is 0. The number of nitrogens with zero attached hydrogens (tertiary/aromatic N) is 2. The van der Waals surface area contributed by atoms with Crippen molar-refractivity contribution in [3.63, 3.8) is 0 Å². The van der Waals surface area contributed by atoms with Crippen LogP contribution in [0.15, 0.2) is 0 Å². The lowest BCUT2D eigenvalue weighted by Gasteiger charge is -2.31. The maximum Gasteiger partial charge on any atom is 0.324 e. The zero-order valence-corrected chi connectivity index (χ0v) is 10.2. The van der Waals surface area contributed by atoms with E-state index >= 15 is 0 Å². The van der Waals surface area contributed by atoms with Crippen molar-refractivity contribution in [2.45, 2.75) is 20.8 Å². The first-order valence-corrected chi connectivity index (χ1v) is 5.44. The summed E-state index contributed by atoms with van der Waals surface area (Å²) in [5.74, 6) is -1.36. The van der Waals surface area contributed by atoms with Crippen LogP contribution in [0.3, 0.4) is 0 Å². The van der Waals surface area contributed by atoms with Crippen molar-refractivity contribution >= 4 is 17.8 Å². The molecule has 0 aliphatic carbocycles. The molecule has 0 saturated carbocycles. The minimum absolute atomic E-state index is 0.262. The molecular formula is C10H19N3O3. The van der Waals surface area contributed by atoms with Crippen molar-refractivity contribution in [3.05, 3.63) is 0 Å². The second-order valence-corrected chi connectivity index (χ2v) is 2.90. The molecule has 0 unspecified atom stereocenters. The lowest BCUT2D eigenvalue weighted by atomic mass is 10.3. The first kappa shape index (κ1) is 14.4. The largest absolute Gasteiger partial charge is 0.341 e. The van der Waals surface area contributed by atoms with Crippen molar-refractivity contribution in [1.82, 2.24) is 15.1 Å². The Morgan fingerprint density at radius 3 is 2.25 bits per heavy atom. The van der Waals surface area contributed by atoms with Gasteiger partial charge in [0.25, 0.3) is 0 Å². The van der Waals surface area contributed by atoms with E-state index in [1.54, 1.807) is 6.92 Å². The summed E-state index contributed by atoms with van der Waals surface area (Å²) in [7, 11) is 1.42. The number of urea groups is 1. The number of amides is 4. The molecule has 1 saturated heterocycles. The van der Waals surface area contributed by atoms with Gasteiger partial charge in [0.05, 0.1) is 0 Å². The van der Waals surface area contributed by atoms with Crippen molar-refractivity contribution in [2.75, 3.05) is 26.7 Å². The van der Waals surface area contributed by atoms with Gasteiger partial charge in [0.15, 0.2) is 0 Å². The second kappa shape index (κ2) is 6.81. The Bertz CT molecular complexity index is 278. The molecule has 1 rings (SSSR count). The summed E-state index contributed by atoms with van der Waals surface area (Å²) in [6.07, 6.45) is 0. The second-order valence-electron chi connectivity index (χ2n) is 2.90. The highest BCUT2D eigenvalue weighted by Crippen LogP contribution is 2.04. The fraction of sp³-hybridized carbons (Fsp3) is 0.700. The molecule has 6 nitrogen and oxygen atoms in total. The Labute approximate surface area is 95.6 Å². The summed E-state index contributed by atoms with van der Waals surface area (Å²) in [4.78, 5) is 36.2. The van der Waals surface area contributed by atoms with Crippen LogP contribution < -0.4 is 5.32 Å². The van der Waals surface area contributed by atoms with E-state index in [1.807, 2.05) is 13.8 Å². The summed E-state index contributed by atoms with van der Waals surface area (Å²) in [5.41, 5.74) is 0. The van der Waals surface area contributed by atoms with Crippen LogP contribution in [0.4, 0.5) is 4.79 Å². The maximum atomic E-state index is 11.4. The van der Waals surface area contributed by atoms with E-state index in [9.17, 15) is 14.4 Å². The van der Waals surface area contributed by atoms with Crippen molar-refractivity contribution in [1.29, 1.82) is 0 Å². The molecule has 1 heterocycles. The van der Waals surface area contributed by atoms with Gasteiger partial charge >= 0.3 is 17.8 Å². The van der Waals surface area contributed by atoms with E-state index in [-0.39, 0.29) is 6.54 Å². The molecule has 92 valence electrons. The third-order valence-electron chi connectivity index (χ3n) is 2.15. The van der Waals surface area contributed by atoms with Gasteiger partial charge in [-0.1, -0.05) is 13.8 Å². The molecule has 0 aromatic rings. The number of carbonyl (C=O) groups is 3. The molecule has 1 fully saturated rings. The molecule has 0 radical (unpaired) electrons. The number of hydrogen-bond acceptors (Lipinski definition) is 3. The number of carbonyl (C=O) groups excluding carboxylic acids is 3. The van der Waals surface area contributed by atoms with E-state index in [0.717, 1.165) is 4.90 Å². The van der Waals surface area contributed by atoms with Crippen LogP contribution >= 0.6 is 0 Å². The fourth-order valence-electron chi connectivity index (χ4n) is 1.30. The first-order chi connectivity index (χ1) is 7.61. The minimum atomic E-state index is -0.752. The van der Waals surface area contributed by atoms with Crippen LogP contribution in [-0.2, 0) is 9.59 Å². The number of nitrogens with one attached hydrogen (secondary N) is 1. The highest BCUT2D eigenvalue weighted by Gasteiger charge is 2.34. The molecular weight excluding hydrogens is 210 g/mol. The number of hydrogen-bond donors (Lipinski definition) is 1.